The second-order valence-electron chi connectivity index (χ2n) is 5.51. The summed E-state index contributed by atoms with van der Waals surface area (Å²) in [5, 5.41) is 6.20. The highest BCUT2D eigenvalue weighted by Crippen LogP contribution is 2.27. The highest BCUT2D eigenvalue weighted by atomic mass is 32.2. The summed E-state index contributed by atoms with van der Waals surface area (Å²) in [4.78, 5) is 9.24. The van der Waals surface area contributed by atoms with Crippen molar-refractivity contribution in [1.82, 2.24) is 14.5 Å². The summed E-state index contributed by atoms with van der Waals surface area (Å²) in [6.45, 7) is 0. The number of aryl methyl sites for hydroxylation is 1. The number of anilines is 2. The number of nitrogens with zero attached hydrogens (tertiary/aromatic N) is 3. The van der Waals surface area contributed by atoms with Gasteiger partial charge < -0.3 is 15.2 Å². The van der Waals surface area contributed by atoms with Crippen LogP contribution in [0.25, 0.3) is 11.0 Å². The quantitative estimate of drug-likeness (QED) is 0.885. The van der Waals surface area contributed by atoms with E-state index in [0.717, 1.165) is 11.0 Å². The third kappa shape index (κ3) is 2.94. The van der Waals surface area contributed by atoms with Crippen LogP contribution in [0.2, 0.25) is 0 Å². The summed E-state index contributed by atoms with van der Waals surface area (Å²) in [6.07, 6.45) is 9.06. The van der Waals surface area contributed by atoms with Gasteiger partial charge in [0.1, 0.15) is 5.52 Å². The lowest BCUT2D eigenvalue weighted by molar-refractivity contribution is 0.603. The molecule has 122 valence electrons. The zero-order valence-corrected chi connectivity index (χ0v) is 14.1. The van der Waals surface area contributed by atoms with Gasteiger partial charge in [-0.1, -0.05) is 12.2 Å². The number of aromatic nitrogens is 3. The topological polar surface area (TPSA) is 88.9 Å². The molecule has 2 aromatic heterocycles. The molecule has 7 nitrogen and oxygen atoms in total. The molecule has 1 atom stereocenters. The van der Waals surface area contributed by atoms with Crippen molar-refractivity contribution >= 4 is 32.6 Å². The lowest BCUT2D eigenvalue weighted by Gasteiger charge is -2.23. The molecule has 1 aliphatic rings. The van der Waals surface area contributed by atoms with E-state index in [9.17, 15) is 8.42 Å². The second-order valence-corrected chi connectivity index (χ2v) is 7.52. The molecule has 0 aliphatic heterocycles. The standard InChI is InChI=1S/C15H19N5O2S/c1-16-15-18-11-8-9-20(2)13(11)14(19-15)17-10-6-4-5-7-12(10)23(3,21)22/h4-5,7-10H,6H2,1-3H3,(H2,16,17,18,19). The molecule has 2 N–H and O–H groups in total. The molecular formula is C15H19N5O2S. The van der Waals surface area contributed by atoms with Gasteiger partial charge in [0.15, 0.2) is 15.7 Å². The van der Waals surface area contributed by atoms with Crippen molar-refractivity contribution < 1.29 is 8.42 Å². The summed E-state index contributed by atoms with van der Waals surface area (Å²) >= 11 is 0. The summed E-state index contributed by atoms with van der Waals surface area (Å²) in [6, 6.07) is 1.56. The van der Waals surface area contributed by atoms with Gasteiger partial charge in [0.2, 0.25) is 5.95 Å². The molecule has 1 unspecified atom stereocenters. The number of nitrogens with one attached hydrogen (secondary N) is 2. The van der Waals surface area contributed by atoms with Gasteiger partial charge in [-0.05, 0) is 18.6 Å². The van der Waals surface area contributed by atoms with Crippen molar-refractivity contribution in [1.29, 1.82) is 0 Å². The van der Waals surface area contributed by atoms with Gasteiger partial charge in [-0.2, -0.15) is 4.98 Å². The molecule has 0 saturated heterocycles. The molecule has 0 saturated carbocycles. The second kappa shape index (κ2) is 5.69. The number of sulfone groups is 1. The van der Waals surface area contributed by atoms with Crippen LogP contribution in [0, 0.1) is 0 Å². The van der Waals surface area contributed by atoms with Gasteiger partial charge in [0.25, 0.3) is 0 Å². The van der Waals surface area contributed by atoms with Crippen LogP contribution in [0.3, 0.4) is 0 Å². The lowest BCUT2D eigenvalue weighted by Crippen LogP contribution is -2.28. The summed E-state index contributed by atoms with van der Waals surface area (Å²) < 4.78 is 25.9. The van der Waals surface area contributed by atoms with E-state index in [4.69, 9.17) is 0 Å². The molecule has 1 aliphatic carbocycles. The molecule has 23 heavy (non-hydrogen) atoms. The summed E-state index contributed by atoms with van der Waals surface area (Å²) in [7, 11) is 0.376. The maximum Gasteiger partial charge on any atom is 0.225 e. The summed E-state index contributed by atoms with van der Waals surface area (Å²) in [5.74, 6) is 1.10. The Labute approximate surface area is 135 Å². The van der Waals surface area contributed by atoms with E-state index in [0.29, 0.717) is 23.1 Å². The average molecular weight is 333 g/mol. The third-order valence-electron chi connectivity index (χ3n) is 3.79. The van der Waals surface area contributed by atoms with E-state index in [1.165, 1.54) is 6.26 Å². The normalized spacial score (nSPS) is 18.0. The minimum Gasteiger partial charge on any atom is -0.360 e. The Kier molecular flexibility index (Phi) is 3.85. The Balaban J connectivity index is 2.06. The SMILES string of the molecule is CNc1nc(NC2CC=CC=C2S(C)(=O)=O)c2c(ccn2C)n1. The van der Waals surface area contributed by atoms with Crippen LogP contribution in [-0.4, -0.2) is 42.3 Å². The van der Waals surface area contributed by atoms with Crippen molar-refractivity contribution in [3.8, 4) is 0 Å². The fourth-order valence-electron chi connectivity index (χ4n) is 2.69. The number of fused-ring (bicyclic) bond motifs is 1. The van der Waals surface area contributed by atoms with Crippen LogP contribution >= 0.6 is 0 Å². The first-order valence-electron chi connectivity index (χ1n) is 7.24. The largest absolute Gasteiger partial charge is 0.360 e. The third-order valence-corrected chi connectivity index (χ3v) is 5.07. The highest BCUT2D eigenvalue weighted by Gasteiger charge is 2.25. The van der Waals surface area contributed by atoms with E-state index in [-0.39, 0.29) is 6.04 Å². The highest BCUT2D eigenvalue weighted by molar-refractivity contribution is 7.94. The van der Waals surface area contributed by atoms with Crippen LogP contribution in [-0.2, 0) is 16.9 Å². The Morgan fingerprint density at radius 1 is 1.35 bits per heavy atom. The number of allylic oxidation sites excluding steroid dienone is 2. The minimum absolute atomic E-state index is 0.340. The van der Waals surface area contributed by atoms with Gasteiger partial charge in [0, 0.05) is 26.5 Å². The first kappa shape index (κ1) is 15.5. The fraction of sp³-hybridized carbons (Fsp3) is 0.333. The molecular weight excluding hydrogens is 314 g/mol. The molecule has 3 rings (SSSR count). The monoisotopic (exact) mass is 333 g/mol. The van der Waals surface area contributed by atoms with E-state index >= 15 is 0 Å². The van der Waals surface area contributed by atoms with Gasteiger partial charge in [-0.25, -0.2) is 13.4 Å². The predicted molar refractivity (Wildman–Crippen MR) is 92.2 cm³/mol. The smallest absolute Gasteiger partial charge is 0.225 e. The van der Waals surface area contributed by atoms with Gasteiger partial charge in [-0.15, -0.1) is 0 Å². The van der Waals surface area contributed by atoms with Crippen molar-refractivity contribution in [3.63, 3.8) is 0 Å². The molecule has 0 amide bonds. The number of rotatable bonds is 4. The molecule has 0 radical (unpaired) electrons. The minimum atomic E-state index is -3.28. The maximum absolute atomic E-state index is 12.0. The van der Waals surface area contributed by atoms with E-state index in [1.54, 1.807) is 19.2 Å². The zero-order chi connectivity index (χ0) is 16.6. The van der Waals surface area contributed by atoms with Crippen molar-refractivity contribution in [2.75, 3.05) is 23.9 Å². The molecule has 0 fully saturated rings. The van der Waals surface area contributed by atoms with E-state index < -0.39 is 9.84 Å². The van der Waals surface area contributed by atoms with Crippen molar-refractivity contribution in [2.24, 2.45) is 7.05 Å². The first-order valence-corrected chi connectivity index (χ1v) is 9.13. The van der Waals surface area contributed by atoms with Crippen LogP contribution in [0.1, 0.15) is 6.42 Å². The predicted octanol–water partition coefficient (Wildman–Crippen LogP) is 1.68. The maximum atomic E-state index is 12.0. The Morgan fingerprint density at radius 3 is 2.83 bits per heavy atom. The van der Waals surface area contributed by atoms with E-state index in [1.807, 2.05) is 30.0 Å². The molecule has 0 bridgehead atoms. The van der Waals surface area contributed by atoms with Crippen LogP contribution in [0.15, 0.2) is 35.4 Å². The Hall–Kier alpha value is -2.35. The number of hydrogen-bond donors (Lipinski definition) is 2. The lowest BCUT2D eigenvalue weighted by atomic mass is 10.1. The van der Waals surface area contributed by atoms with Crippen molar-refractivity contribution in [3.05, 3.63) is 35.4 Å². The zero-order valence-electron chi connectivity index (χ0n) is 13.2. The molecule has 8 heteroatoms. The van der Waals surface area contributed by atoms with Crippen LogP contribution in [0.5, 0.6) is 0 Å². The van der Waals surface area contributed by atoms with Crippen LogP contribution in [0.4, 0.5) is 11.8 Å². The Morgan fingerprint density at radius 2 is 2.13 bits per heavy atom. The molecule has 2 aromatic rings. The van der Waals surface area contributed by atoms with Crippen molar-refractivity contribution in [2.45, 2.75) is 12.5 Å². The number of hydrogen-bond acceptors (Lipinski definition) is 6. The summed E-state index contributed by atoms with van der Waals surface area (Å²) in [5.41, 5.74) is 1.64. The molecule has 2 heterocycles. The molecule has 0 spiro atoms. The van der Waals surface area contributed by atoms with E-state index in [2.05, 4.69) is 20.6 Å². The molecule has 0 aromatic carbocycles. The van der Waals surface area contributed by atoms with Crippen LogP contribution < -0.4 is 10.6 Å². The van der Waals surface area contributed by atoms with Gasteiger partial charge in [0.05, 0.1) is 16.5 Å². The van der Waals surface area contributed by atoms with Gasteiger partial charge in [-0.3, -0.25) is 0 Å². The van der Waals surface area contributed by atoms with Gasteiger partial charge >= 0.3 is 0 Å². The Bertz CT molecular complexity index is 911. The fourth-order valence-corrected chi connectivity index (χ4v) is 3.69. The first-order chi connectivity index (χ1) is 10.9. The average Bonchev–Trinajstić information content (AvgIpc) is 2.88.